The van der Waals surface area contributed by atoms with E-state index in [0.717, 1.165) is 17.2 Å². The number of hydrogen-bond donors (Lipinski definition) is 1. The summed E-state index contributed by atoms with van der Waals surface area (Å²) >= 11 is 0. The van der Waals surface area contributed by atoms with E-state index in [4.69, 9.17) is 9.47 Å². The van der Waals surface area contributed by atoms with Gasteiger partial charge in [0.2, 0.25) is 5.91 Å². The number of amides is 1. The Morgan fingerprint density at radius 3 is 2.68 bits per heavy atom. The summed E-state index contributed by atoms with van der Waals surface area (Å²) in [5.41, 5.74) is 2.48. The summed E-state index contributed by atoms with van der Waals surface area (Å²) in [6.07, 6.45) is 1.86. The summed E-state index contributed by atoms with van der Waals surface area (Å²) in [4.78, 5) is 32.8. The summed E-state index contributed by atoms with van der Waals surface area (Å²) in [5, 5.41) is 2.98. The predicted octanol–water partition coefficient (Wildman–Crippen LogP) is 4.01. The topological polar surface area (TPSA) is 84.0 Å². The lowest BCUT2D eigenvalue weighted by molar-refractivity contribution is -0.142. The zero-order valence-electron chi connectivity index (χ0n) is 19.3. The monoisotopic (exact) mass is 460 g/mol. The van der Waals surface area contributed by atoms with Crippen LogP contribution in [0, 0.1) is 0 Å². The first kappa shape index (κ1) is 23.1. The Morgan fingerprint density at radius 1 is 1.15 bits per heavy atom. The van der Waals surface area contributed by atoms with Crippen molar-refractivity contribution in [3.05, 3.63) is 72.9 Å². The van der Waals surface area contributed by atoms with Gasteiger partial charge in [0.1, 0.15) is 17.7 Å². The van der Waals surface area contributed by atoms with Gasteiger partial charge in [0.25, 0.3) is 0 Å². The van der Waals surface area contributed by atoms with Crippen molar-refractivity contribution in [2.45, 2.75) is 18.9 Å². The van der Waals surface area contributed by atoms with Gasteiger partial charge in [0, 0.05) is 37.6 Å². The normalized spacial score (nSPS) is 14.5. The minimum atomic E-state index is -0.345. The summed E-state index contributed by atoms with van der Waals surface area (Å²) in [6.45, 7) is 1.03. The van der Waals surface area contributed by atoms with Gasteiger partial charge in [-0.2, -0.15) is 0 Å². The fourth-order valence-electron chi connectivity index (χ4n) is 3.84. The Morgan fingerprint density at radius 2 is 1.94 bits per heavy atom. The number of benzene rings is 2. The number of carbonyl (C=O) groups is 2. The highest BCUT2D eigenvalue weighted by molar-refractivity contribution is 5.92. The molecule has 0 saturated carbocycles. The lowest BCUT2D eigenvalue weighted by atomic mass is 10.1. The highest BCUT2D eigenvalue weighted by atomic mass is 16.5. The van der Waals surface area contributed by atoms with Gasteiger partial charge in [-0.15, -0.1) is 0 Å². The summed E-state index contributed by atoms with van der Waals surface area (Å²) in [5.74, 6) is 1.06. The molecule has 8 nitrogen and oxygen atoms in total. The molecular weight excluding hydrogens is 432 g/mol. The molecular formula is C26H28N4O4. The third-order valence-electron chi connectivity index (χ3n) is 5.62. The number of pyridine rings is 1. The molecule has 1 aliphatic heterocycles. The zero-order chi connectivity index (χ0) is 23.9. The maximum atomic E-state index is 12.6. The van der Waals surface area contributed by atoms with E-state index < -0.39 is 0 Å². The molecule has 4 rings (SSSR count). The molecule has 1 aliphatic rings. The summed E-state index contributed by atoms with van der Waals surface area (Å²) in [7, 11) is 3.28. The second-order valence-corrected chi connectivity index (χ2v) is 8.06. The molecule has 1 unspecified atom stereocenters. The molecule has 34 heavy (non-hydrogen) atoms. The fraction of sp³-hybridized carbons (Fsp3) is 0.269. The third kappa shape index (κ3) is 5.64. The second-order valence-electron chi connectivity index (χ2n) is 8.06. The number of nitrogens with one attached hydrogen (secondary N) is 1. The fourth-order valence-corrected chi connectivity index (χ4v) is 3.84. The minimum absolute atomic E-state index is 0.0886. The highest BCUT2D eigenvalue weighted by Gasteiger charge is 2.29. The first-order valence-electron chi connectivity index (χ1n) is 11.2. The Labute approximate surface area is 199 Å². The van der Waals surface area contributed by atoms with Crippen molar-refractivity contribution >= 4 is 34.8 Å². The first-order valence-corrected chi connectivity index (χ1v) is 11.2. The van der Waals surface area contributed by atoms with Gasteiger partial charge in [0.15, 0.2) is 0 Å². The van der Waals surface area contributed by atoms with E-state index in [-0.39, 0.29) is 24.4 Å². The number of carbonyl (C=O) groups excluding carboxylic acids is 2. The number of nitrogens with zero attached hydrogens (tertiary/aromatic N) is 3. The molecule has 1 aromatic heterocycles. The van der Waals surface area contributed by atoms with Crippen molar-refractivity contribution in [2.75, 3.05) is 42.4 Å². The lowest BCUT2D eigenvalue weighted by Crippen LogP contribution is -2.38. The van der Waals surface area contributed by atoms with Crippen molar-refractivity contribution in [3.63, 3.8) is 0 Å². The average Bonchev–Trinajstić information content (AvgIpc) is 2.88. The van der Waals surface area contributed by atoms with Crippen molar-refractivity contribution in [1.29, 1.82) is 0 Å². The largest absolute Gasteiger partial charge is 0.486 e. The van der Waals surface area contributed by atoms with Crippen molar-refractivity contribution in [1.82, 2.24) is 4.98 Å². The highest BCUT2D eigenvalue weighted by Crippen LogP contribution is 2.40. The summed E-state index contributed by atoms with van der Waals surface area (Å²) < 4.78 is 10.9. The molecule has 0 spiro atoms. The van der Waals surface area contributed by atoms with Gasteiger partial charge in [-0.1, -0.05) is 24.3 Å². The molecule has 8 heteroatoms. The van der Waals surface area contributed by atoms with Crippen molar-refractivity contribution in [2.24, 2.45) is 0 Å². The average molecular weight is 461 g/mol. The third-order valence-corrected chi connectivity index (χ3v) is 5.62. The molecule has 176 valence electrons. The number of esters is 1. The van der Waals surface area contributed by atoms with Crippen LogP contribution in [0.3, 0.4) is 0 Å². The van der Waals surface area contributed by atoms with Crippen LogP contribution in [0.15, 0.2) is 72.9 Å². The molecule has 1 N–H and O–H groups in total. The molecule has 0 saturated heterocycles. The molecule has 2 heterocycles. The van der Waals surface area contributed by atoms with Gasteiger partial charge in [-0.25, -0.2) is 4.98 Å². The van der Waals surface area contributed by atoms with Gasteiger partial charge in [-0.05, 0) is 42.5 Å². The van der Waals surface area contributed by atoms with E-state index >= 15 is 0 Å². The van der Waals surface area contributed by atoms with Crippen LogP contribution in [-0.4, -0.2) is 50.2 Å². The number of fused-ring (bicyclic) bond motifs is 1. The Kier molecular flexibility index (Phi) is 7.27. The van der Waals surface area contributed by atoms with Crippen molar-refractivity contribution in [3.8, 4) is 5.75 Å². The Hall–Kier alpha value is -4.07. The van der Waals surface area contributed by atoms with Crippen LogP contribution in [0.2, 0.25) is 0 Å². The van der Waals surface area contributed by atoms with E-state index in [0.29, 0.717) is 30.9 Å². The number of ether oxygens (including phenoxy) is 2. The lowest BCUT2D eigenvalue weighted by Gasteiger charge is -2.36. The Balaban J connectivity index is 1.48. The van der Waals surface area contributed by atoms with Crippen LogP contribution in [0.4, 0.5) is 22.9 Å². The first-order chi connectivity index (χ1) is 16.5. The van der Waals surface area contributed by atoms with Crippen molar-refractivity contribution < 1.29 is 19.1 Å². The molecule has 0 fully saturated rings. The zero-order valence-corrected chi connectivity index (χ0v) is 19.3. The van der Waals surface area contributed by atoms with Crippen LogP contribution in [-0.2, 0) is 14.3 Å². The number of rotatable bonds is 8. The van der Waals surface area contributed by atoms with Crippen LogP contribution in [0.25, 0.3) is 0 Å². The van der Waals surface area contributed by atoms with Crippen LogP contribution < -0.4 is 19.9 Å². The number of aromatic nitrogens is 1. The van der Waals surface area contributed by atoms with E-state index in [1.807, 2.05) is 78.7 Å². The molecule has 0 aliphatic carbocycles. The van der Waals surface area contributed by atoms with E-state index in [1.165, 1.54) is 7.11 Å². The summed E-state index contributed by atoms with van der Waals surface area (Å²) in [6, 6.07) is 21.1. The number of methoxy groups -OCH3 is 1. The number of para-hydroxylation sites is 1. The molecule has 0 bridgehead atoms. The van der Waals surface area contributed by atoms with E-state index in [2.05, 4.69) is 15.2 Å². The van der Waals surface area contributed by atoms with Gasteiger partial charge in [-0.3, -0.25) is 9.59 Å². The molecule has 3 aromatic rings. The second kappa shape index (κ2) is 10.7. The van der Waals surface area contributed by atoms with Crippen LogP contribution >= 0.6 is 0 Å². The minimum Gasteiger partial charge on any atom is -0.486 e. The molecule has 2 aromatic carbocycles. The van der Waals surface area contributed by atoms with E-state index in [1.54, 1.807) is 6.20 Å². The van der Waals surface area contributed by atoms with Gasteiger partial charge < -0.3 is 24.6 Å². The number of hydrogen-bond acceptors (Lipinski definition) is 7. The standard InChI is InChI=1S/C26H28N4O4/c1-29(24-10-6-7-14-27-24)15-13-25(31)28-19-11-12-23-22(16-19)30(20-8-4-3-5-9-20)18-21(34-23)17-26(32)33-2/h3-12,14,16,21H,13,15,17-18H2,1-2H3,(H,28,31). The quantitative estimate of drug-likeness (QED) is 0.509. The van der Waals surface area contributed by atoms with Crippen LogP contribution in [0.5, 0.6) is 5.75 Å². The van der Waals surface area contributed by atoms with Gasteiger partial charge >= 0.3 is 5.97 Å². The molecule has 1 amide bonds. The molecule has 1 atom stereocenters. The predicted molar refractivity (Wildman–Crippen MR) is 132 cm³/mol. The van der Waals surface area contributed by atoms with E-state index in [9.17, 15) is 9.59 Å². The Bertz CT molecular complexity index is 1120. The maximum absolute atomic E-state index is 12.6. The molecule has 0 radical (unpaired) electrons. The SMILES string of the molecule is COC(=O)CC1CN(c2ccccc2)c2cc(NC(=O)CCN(C)c3ccccn3)ccc2O1. The van der Waals surface area contributed by atoms with Crippen LogP contribution in [0.1, 0.15) is 12.8 Å². The smallest absolute Gasteiger partial charge is 0.309 e. The van der Waals surface area contributed by atoms with Gasteiger partial charge in [0.05, 0.1) is 25.8 Å². The number of anilines is 4. The maximum Gasteiger partial charge on any atom is 0.309 e.